The molecule has 1 fully saturated rings. The Morgan fingerprint density at radius 3 is 2.60 bits per heavy atom. The van der Waals surface area contributed by atoms with Crippen molar-refractivity contribution in [3.05, 3.63) is 28.8 Å². The number of alkyl halides is 3. The summed E-state index contributed by atoms with van der Waals surface area (Å²) >= 11 is 0.947. The van der Waals surface area contributed by atoms with Crippen LogP contribution in [0.15, 0.2) is 33.6 Å². The highest BCUT2D eigenvalue weighted by molar-refractivity contribution is 7.99. The van der Waals surface area contributed by atoms with Crippen LogP contribution < -0.4 is 20.8 Å². The molecule has 0 aromatic carbocycles. The molecule has 1 saturated heterocycles. The van der Waals surface area contributed by atoms with E-state index in [9.17, 15) is 22.8 Å². The van der Waals surface area contributed by atoms with Gasteiger partial charge in [0.15, 0.2) is 28.1 Å². The maximum Gasteiger partial charge on any atom is 0.493 e. The number of hydrogen-bond donors (Lipinski definition) is 1. The average molecular weight is 511 g/mol. The van der Waals surface area contributed by atoms with E-state index in [1.807, 2.05) is 0 Å². The minimum atomic E-state index is -5.25. The molecule has 0 radical (unpaired) electrons. The largest absolute Gasteiger partial charge is 0.493 e. The number of hydrogen-bond acceptors (Lipinski definition) is 11. The van der Waals surface area contributed by atoms with Crippen molar-refractivity contribution in [1.82, 2.24) is 29.7 Å². The van der Waals surface area contributed by atoms with Crippen molar-refractivity contribution in [3.8, 4) is 11.8 Å². The lowest BCUT2D eigenvalue weighted by molar-refractivity contribution is -0.203. The molecule has 35 heavy (non-hydrogen) atoms. The van der Waals surface area contributed by atoms with E-state index in [1.54, 1.807) is 17.9 Å². The lowest BCUT2D eigenvalue weighted by atomic mass is 10.3. The molecule has 0 bridgehead atoms. The summed E-state index contributed by atoms with van der Waals surface area (Å²) in [7, 11) is 1.48. The average Bonchev–Trinajstić information content (AvgIpc) is 3.14. The van der Waals surface area contributed by atoms with Gasteiger partial charge < -0.3 is 15.1 Å². The first-order valence-electron chi connectivity index (χ1n) is 10.5. The van der Waals surface area contributed by atoms with Crippen LogP contribution in [0, 0.1) is 11.8 Å². The van der Waals surface area contributed by atoms with Crippen LogP contribution in [0.25, 0.3) is 0 Å². The summed E-state index contributed by atoms with van der Waals surface area (Å²) < 4.78 is 40.8. The van der Waals surface area contributed by atoms with Gasteiger partial charge in [0, 0.05) is 45.6 Å². The number of carbonyl (C=O) groups excluding carboxylic acids is 1. The van der Waals surface area contributed by atoms with E-state index in [0.29, 0.717) is 26.2 Å². The van der Waals surface area contributed by atoms with Gasteiger partial charge in [0.05, 0.1) is 6.54 Å². The second kappa shape index (κ2) is 10.1. The second-order valence-corrected chi connectivity index (χ2v) is 8.39. The number of nitrogens with zero attached hydrogens (tertiary/aromatic N) is 7. The van der Waals surface area contributed by atoms with Crippen LogP contribution in [0.4, 0.5) is 24.7 Å². The monoisotopic (exact) mass is 510 g/mol. The standard InChI is InChI=1S/C20H21F3N8O3S/c1-3-4-10-30-13-14(27-18(28(2)15(13)32)35-17-25-6-5-7-26-17)31(34-16(33)20(21,22)23)19(30)29-11-8-24-9-12-29/h5-7,19,24H,8-12H2,1-2H3. The van der Waals surface area contributed by atoms with Gasteiger partial charge in [-0.3, -0.25) is 14.3 Å². The Kier molecular flexibility index (Phi) is 7.15. The van der Waals surface area contributed by atoms with E-state index in [4.69, 9.17) is 4.84 Å². The summed E-state index contributed by atoms with van der Waals surface area (Å²) in [5.74, 6) is 2.94. The Labute approximate surface area is 202 Å². The first-order valence-corrected chi connectivity index (χ1v) is 11.3. The first kappa shape index (κ1) is 24.8. The molecule has 11 nitrogen and oxygen atoms in total. The summed E-state index contributed by atoms with van der Waals surface area (Å²) in [4.78, 5) is 46.1. The third-order valence-corrected chi connectivity index (χ3v) is 6.17. The summed E-state index contributed by atoms with van der Waals surface area (Å²) in [6, 6.07) is 1.61. The third-order valence-electron chi connectivity index (χ3n) is 5.23. The van der Waals surface area contributed by atoms with E-state index >= 15 is 0 Å². The number of fused-ring (bicyclic) bond motifs is 1. The van der Waals surface area contributed by atoms with Crippen molar-refractivity contribution in [2.24, 2.45) is 7.05 Å². The zero-order valence-corrected chi connectivity index (χ0v) is 19.6. The summed E-state index contributed by atoms with van der Waals surface area (Å²) in [5.41, 5.74) is -0.566. The first-order chi connectivity index (χ1) is 16.7. The van der Waals surface area contributed by atoms with Crippen LogP contribution in [-0.2, 0) is 16.7 Å². The van der Waals surface area contributed by atoms with Crippen molar-refractivity contribution < 1.29 is 22.8 Å². The third kappa shape index (κ3) is 5.04. The Hall–Kier alpha value is -3.35. The molecule has 0 amide bonds. The molecule has 186 valence electrons. The Bertz CT molecular complexity index is 1210. The molecule has 1 unspecified atom stereocenters. The van der Waals surface area contributed by atoms with Gasteiger partial charge in [-0.25, -0.2) is 19.7 Å². The van der Waals surface area contributed by atoms with Crippen molar-refractivity contribution in [2.75, 3.05) is 42.7 Å². The molecule has 2 aromatic heterocycles. The number of rotatable bonds is 5. The van der Waals surface area contributed by atoms with E-state index in [0.717, 1.165) is 16.8 Å². The zero-order valence-electron chi connectivity index (χ0n) is 18.7. The molecule has 1 atom stereocenters. The summed E-state index contributed by atoms with van der Waals surface area (Å²) in [5, 5.41) is 4.30. The number of anilines is 2. The van der Waals surface area contributed by atoms with Crippen LogP contribution in [0.3, 0.4) is 0 Å². The number of hydroxylamine groups is 1. The lowest BCUT2D eigenvalue weighted by Crippen LogP contribution is -2.61. The molecule has 0 spiro atoms. The van der Waals surface area contributed by atoms with E-state index < -0.39 is 24.0 Å². The van der Waals surface area contributed by atoms with Crippen molar-refractivity contribution >= 4 is 29.2 Å². The molecular formula is C20H21F3N8O3S. The smallest absolute Gasteiger partial charge is 0.327 e. The van der Waals surface area contributed by atoms with Crippen LogP contribution in [0.1, 0.15) is 6.92 Å². The number of piperazine rings is 1. The number of carbonyl (C=O) groups is 1. The molecule has 1 N–H and O–H groups in total. The van der Waals surface area contributed by atoms with Gasteiger partial charge in [0.25, 0.3) is 5.56 Å². The van der Waals surface area contributed by atoms with E-state index in [1.165, 1.54) is 28.9 Å². The van der Waals surface area contributed by atoms with Gasteiger partial charge in [0.1, 0.15) is 0 Å². The van der Waals surface area contributed by atoms with Gasteiger partial charge in [-0.15, -0.1) is 11.0 Å². The van der Waals surface area contributed by atoms with Crippen molar-refractivity contribution in [2.45, 2.75) is 29.7 Å². The minimum absolute atomic E-state index is 0.00334. The second-order valence-electron chi connectivity index (χ2n) is 7.45. The highest BCUT2D eigenvalue weighted by Crippen LogP contribution is 2.39. The van der Waals surface area contributed by atoms with E-state index in [2.05, 4.69) is 32.1 Å². The van der Waals surface area contributed by atoms with Crippen molar-refractivity contribution in [3.63, 3.8) is 0 Å². The van der Waals surface area contributed by atoms with E-state index in [-0.39, 0.29) is 28.4 Å². The fourth-order valence-electron chi connectivity index (χ4n) is 3.64. The molecule has 2 aromatic rings. The lowest BCUT2D eigenvalue weighted by Gasteiger charge is -2.40. The molecule has 15 heteroatoms. The van der Waals surface area contributed by atoms with Crippen LogP contribution >= 0.6 is 11.8 Å². The number of aromatic nitrogens is 4. The zero-order chi connectivity index (χ0) is 25.2. The number of halogens is 3. The topological polar surface area (TPSA) is 109 Å². The molecular weight excluding hydrogens is 489 g/mol. The maximum absolute atomic E-state index is 13.5. The van der Waals surface area contributed by atoms with Gasteiger partial charge >= 0.3 is 12.1 Å². The fraction of sp³-hybridized carbons (Fsp3) is 0.450. The van der Waals surface area contributed by atoms with Crippen molar-refractivity contribution in [1.29, 1.82) is 0 Å². The highest BCUT2D eigenvalue weighted by Gasteiger charge is 2.50. The minimum Gasteiger partial charge on any atom is -0.327 e. The van der Waals surface area contributed by atoms with Gasteiger partial charge in [-0.2, -0.15) is 13.2 Å². The maximum atomic E-state index is 13.5. The molecule has 0 aliphatic carbocycles. The molecule has 0 saturated carbocycles. The van der Waals surface area contributed by atoms with Gasteiger partial charge in [-0.05, 0) is 24.8 Å². The van der Waals surface area contributed by atoms with Crippen LogP contribution in [-0.4, -0.2) is 75.6 Å². The summed E-state index contributed by atoms with van der Waals surface area (Å²) in [6.45, 7) is 3.57. The van der Waals surface area contributed by atoms with Crippen LogP contribution in [0.5, 0.6) is 0 Å². The van der Waals surface area contributed by atoms with Crippen LogP contribution in [0.2, 0.25) is 0 Å². The molecule has 4 rings (SSSR count). The van der Waals surface area contributed by atoms with Gasteiger partial charge in [0.2, 0.25) is 0 Å². The molecule has 2 aliphatic heterocycles. The Morgan fingerprint density at radius 1 is 1.29 bits per heavy atom. The highest BCUT2D eigenvalue weighted by atomic mass is 32.2. The normalized spacial score (nSPS) is 18.1. The Morgan fingerprint density at radius 2 is 1.97 bits per heavy atom. The summed E-state index contributed by atoms with van der Waals surface area (Å²) in [6.07, 6.45) is -3.29. The quantitative estimate of drug-likeness (QED) is 0.451. The molecule has 4 heterocycles. The predicted molar refractivity (Wildman–Crippen MR) is 119 cm³/mol. The number of nitrogens with one attached hydrogen (secondary N) is 1. The molecule has 2 aliphatic rings. The Balaban J connectivity index is 1.85. The fourth-order valence-corrected chi connectivity index (χ4v) is 4.38. The predicted octanol–water partition coefficient (Wildman–Crippen LogP) is 0.580. The van der Waals surface area contributed by atoms with Gasteiger partial charge in [-0.1, -0.05) is 5.92 Å². The SMILES string of the molecule is CC#CCN1c2c(nc(Sc3ncccn3)n(C)c2=O)N(OC(=O)C(F)(F)F)C1N1CCNCC1.